The molecule has 1 aliphatic heterocycles. The third-order valence-corrected chi connectivity index (χ3v) is 3.45. The maximum absolute atomic E-state index is 12.7. The van der Waals surface area contributed by atoms with Crippen molar-refractivity contribution in [3.8, 4) is 0 Å². The van der Waals surface area contributed by atoms with E-state index >= 15 is 0 Å². The minimum absolute atomic E-state index is 0.00282. The zero-order valence-electron chi connectivity index (χ0n) is 12.5. The smallest absolute Gasteiger partial charge is 0.274 e. The van der Waals surface area contributed by atoms with Crippen LogP contribution in [-0.2, 0) is 17.7 Å². The van der Waals surface area contributed by atoms with Crippen LogP contribution in [0.25, 0.3) is 0 Å². The maximum Gasteiger partial charge on any atom is 0.274 e. The fraction of sp³-hybridized carbons (Fsp3) is 0.714. The molecule has 1 amide bonds. The summed E-state index contributed by atoms with van der Waals surface area (Å²) >= 11 is 0. The third-order valence-electron chi connectivity index (χ3n) is 3.45. The number of nitrogens with one attached hydrogen (secondary N) is 2. The lowest BCUT2D eigenvalue weighted by Gasteiger charge is -2.24. The molecule has 0 aromatic carbocycles. The van der Waals surface area contributed by atoms with Gasteiger partial charge in [-0.25, -0.2) is 0 Å². The van der Waals surface area contributed by atoms with Crippen molar-refractivity contribution >= 4 is 5.91 Å². The number of H-pyrrole nitrogens is 1. The molecule has 0 saturated heterocycles. The van der Waals surface area contributed by atoms with Crippen molar-refractivity contribution in [2.45, 2.75) is 26.8 Å². The number of hydrogen-bond donors (Lipinski definition) is 2. The van der Waals surface area contributed by atoms with Crippen molar-refractivity contribution in [3.05, 3.63) is 17.0 Å². The molecule has 0 aliphatic carbocycles. The van der Waals surface area contributed by atoms with Crippen LogP contribution in [0.15, 0.2) is 0 Å². The number of carbonyl (C=O) groups excluding carboxylic acids is 1. The summed E-state index contributed by atoms with van der Waals surface area (Å²) in [4.78, 5) is 14.5. The molecular formula is C14H24N4O2. The quantitative estimate of drug-likeness (QED) is 0.808. The Kier molecular flexibility index (Phi) is 5.14. The molecule has 6 nitrogen and oxygen atoms in total. The zero-order valence-corrected chi connectivity index (χ0v) is 12.5. The van der Waals surface area contributed by atoms with Crippen LogP contribution in [0.3, 0.4) is 0 Å². The second kappa shape index (κ2) is 6.85. The largest absolute Gasteiger partial charge is 0.383 e. The average molecular weight is 280 g/mol. The summed E-state index contributed by atoms with van der Waals surface area (Å²) in [5.74, 6) is 0.417. The minimum Gasteiger partial charge on any atom is -0.383 e. The van der Waals surface area contributed by atoms with Crippen LogP contribution in [0, 0.1) is 5.92 Å². The van der Waals surface area contributed by atoms with Gasteiger partial charge < -0.3 is 15.0 Å². The van der Waals surface area contributed by atoms with E-state index < -0.39 is 0 Å². The first-order valence-corrected chi connectivity index (χ1v) is 7.18. The normalized spacial score (nSPS) is 14.4. The van der Waals surface area contributed by atoms with E-state index in [0.717, 1.165) is 30.8 Å². The van der Waals surface area contributed by atoms with Gasteiger partial charge in [0.1, 0.15) is 0 Å². The van der Waals surface area contributed by atoms with E-state index in [2.05, 4.69) is 29.4 Å². The Bertz CT molecular complexity index is 456. The number of ether oxygens (including phenoxy) is 1. The van der Waals surface area contributed by atoms with Crippen LogP contribution in [0.2, 0.25) is 0 Å². The molecule has 0 atom stereocenters. The SMILES string of the molecule is COCCN(CC(C)C)C(=O)c1n[nH]c2c1CNCC2. The first-order valence-electron chi connectivity index (χ1n) is 7.18. The fourth-order valence-electron chi connectivity index (χ4n) is 2.47. The van der Waals surface area contributed by atoms with E-state index in [0.29, 0.717) is 31.3 Å². The van der Waals surface area contributed by atoms with E-state index in [4.69, 9.17) is 4.74 Å². The molecule has 2 rings (SSSR count). The molecule has 0 unspecified atom stereocenters. The Morgan fingerprint density at radius 2 is 2.30 bits per heavy atom. The van der Waals surface area contributed by atoms with Gasteiger partial charge in [0.05, 0.1) is 6.61 Å². The second-order valence-corrected chi connectivity index (χ2v) is 5.59. The van der Waals surface area contributed by atoms with Crippen molar-refractivity contribution < 1.29 is 9.53 Å². The molecular weight excluding hydrogens is 256 g/mol. The van der Waals surface area contributed by atoms with Gasteiger partial charge in [0.25, 0.3) is 5.91 Å². The average Bonchev–Trinajstić information content (AvgIpc) is 2.86. The highest BCUT2D eigenvalue weighted by Crippen LogP contribution is 2.17. The summed E-state index contributed by atoms with van der Waals surface area (Å²) in [5, 5.41) is 10.5. The lowest BCUT2D eigenvalue weighted by Crippen LogP contribution is -2.38. The molecule has 20 heavy (non-hydrogen) atoms. The standard InChI is InChI=1S/C14H24N4O2/c1-10(2)9-18(6-7-20-3)14(19)13-11-8-15-5-4-12(11)16-17-13/h10,15H,4-9H2,1-3H3,(H,16,17). The summed E-state index contributed by atoms with van der Waals surface area (Å²) in [6.45, 7) is 7.72. The van der Waals surface area contributed by atoms with E-state index in [1.807, 2.05) is 4.90 Å². The van der Waals surface area contributed by atoms with Crippen LogP contribution in [-0.4, -0.2) is 54.4 Å². The fourth-order valence-corrected chi connectivity index (χ4v) is 2.47. The number of fused-ring (bicyclic) bond motifs is 1. The molecule has 2 heterocycles. The number of nitrogens with zero attached hydrogens (tertiary/aromatic N) is 2. The molecule has 0 spiro atoms. The van der Waals surface area contributed by atoms with Crippen LogP contribution in [0.5, 0.6) is 0 Å². The van der Waals surface area contributed by atoms with Crippen molar-refractivity contribution in [1.29, 1.82) is 0 Å². The van der Waals surface area contributed by atoms with Crippen molar-refractivity contribution in [2.75, 3.05) is 33.4 Å². The van der Waals surface area contributed by atoms with Crippen LogP contribution in [0.4, 0.5) is 0 Å². The molecule has 2 N–H and O–H groups in total. The molecule has 0 fully saturated rings. The van der Waals surface area contributed by atoms with Gasteiger partial charge in [-0.15, -0.1) is 0 Å². The molecule has 0 bridgehead atoms. The first-order chi connectivity index (χ1) is 9.63. The minimum atomic E-state index is -0.00282. The highest BCUT2D eigenvalue weighted by Gasteiger charge is 2.25. The summed E-state index contributed by atoms with van der Waals surface area (Å²) in [5.41, 5.74) is 2.67. The number of carbonyl (C=O) groups is 1. The van der Waals surface area contributed by atoms with Gasteiger partial charge in [0, 0.05) is 51.0 Å². The Balaban J connectivity index is 2.15. The zero-order chi connectivity index (χ0) is 14.5. The number of aromatic amines is 1. The Morgan fingerprint density at radius 3 is 3.00 bits per heavy atom. The molecule has 112 valence electrons. The van der Waals surface area contributed by atoms with Gasteiger partial charge in [-0.05, 0) is 5.92 Å². The van der Waals surface area contributed by atoms with Crippen molar-refractivity contribution in [3.63, 3.8) is 0 Å². The topological polar surface area (TPSA) is 70.2 Å². The monoisotopic (exact) mass is 280 g/mol. The number of rotatable bonds is 6. The van der Waals surface area contributed by atoms with Crippen LogP contribution in [0.1, 0.15) is 35.6 Å². The van der Waals surface area contributed by atoms with Gasteiger partial charge >= 0.3 is 0 Å². The highest BCUT2D eigenvalue weighted by molar-refractivity contribution is 5.94. The van der Waals surface area contributed by atoms with Crippen LogP contribution < -0.4 is 5.32 Å². The summed E-state index contributed by atoms with van der Waals surface area (Å²) < 4.78 is 5.10. The van der Waals surface area contributed by atoms with Gasteiger partial charge in [0.2, 0.25) is 0 Å². The van der Waals surface area contributed by atoms with E-state index in [1.165, 1.54) is 0 Å². The summed E-state index contributed by atoms with van der Waals surface area (Å²) in [6.07, 6.45) is 0.901. The van der Waals surface area contributed by atoms with Gasteiger partial charge in [-0.3, -0.25) is 9.89 Å². The summed E-state index contributed by atoms with van der Waals surface area (Å²) in [7, 11) is 1.65. The maximum atomic E-state index is 12.7. The van der Waals surface area contributed by atoms with Gasteiger partial charge in [-0.2, -0.15) is 5.10 Å². The van der Waals surface area contributed by atoms with E-state index in [-0.39, 0.29) is 5.91 Å². The molecule has 1 aromatic rings. The number of hydrogen-bond acceptors (Lipinski definition) is 4. The molecule has 0 radical (unpaired) electrons. The molecule has 1 aliphatic rings. The predicted octanol–water partition coefficient (Wildman–Crippen LogP) is 0.800. The van der Waals surface area contributed by atoms with E-state index in [9.17, 15) is 4.79 Å². The number of methoxy groups -OCH3 is 1. The Morgan fingerprint density at radius 1 is 1.50 bits per heavy atom. The van der Waals surface area contributed by atoms with Crippen molar-refractivity contribution in [2.24, 2.45) is 5.92 Å². The molecule has 1 aromatic heterocycles. The lowest BCUT2D eigenvalue weighted by molar-refractivity contribution is 0.0665. The summed E-state index contributed by atoms with van der Waals surface area (Å²) in [6, 6.07) is 0. The number of aromatic nitrogens is 2. The second-order valence-electron chi connectivity index (χ2n) is 5.59. The molecule has 6 heteroatoms. The van der Waals surface area contributed by atoms with Crippen LogP contribution >= 0.6 is 0 Å². The lowest BCUT2D eigenvalue weighted by atomic mass is 10.1. The Hall–Kier alpha value is -1.40. The predicted molar refractivity (Wildman–Crippen MR) is 76.6 cm³/mol. The van der Waals surface area contributed by atoms with Gasteiger partial charge in [0.15, 0.2) is 5.69 Å². The van der Waals surface area contributed by atoms with E-state index in [1.54, 1.807) is 7.11 Å². The molecule has 0 saturated carbocycles. The first kappa shape index (κ1) is 15.0. The van der Waals surface area contributed by atoms with Crippen molar-refractivity contribution in [1.82, 2.24) is 20.4 Å². The van der Waals surface area contributed by atoms with Gasteiger partial charge in [-0.1, -0.05) is 13.8 Å². The third kappa shape index (κ3) is 3.37. The Labute approximate surface area is 119 Å². The number of amides is 1. The highest BCUT2D eigenvalue weighted by atomic mass is 16.5.